The van der Waals surface area contributed by atoms with E-state index in [4.69, 9.17) is 5.73 Å². The third-order valence-corrected chi connectivity index (χ3v) is 3.52. The van der Waals surface area contributed by atoms with E-state index in [0.717, 1.165) is 12.3 Å². The first-order chi connectivity index (χ1) is 6.76. The van der Waals surface area contributed by atoms with E-state index in [0.29, 0.717) is 6.04 Å². The number of likely N-dealkylation sites (tertiary alicyclic amines) is 1. The molecule has 0 aromatic rings. The van der Waals surface area contributed by atoms with Crippen LogP contribution in [0.5, 0.6) is 0 Å². The third-order valence-electron chi connectivity index (χ3n) is 3.52. The van der Waals surface area contributed by atoms with Crippen molar-refractivity contribution in [3.05, 3.63) is 0 Å². The predicted molar refractivity (Wildman–Crippen MR) is 62.3 cm³/mol. The van der Waals surface area contributed by atoms with Crippen LogP contribution in [-0.2, 0) is 0 Å². The van der Waals surface area contributed by atoms with Gasteiger partial charge in [-0.05, 0) is 44.7 Å². The van der Waals surface area contributed by atoms with Gasteiger partial charge in [-0.3, -0.25) is 0 Å². The van der Waals surface area contributed by atoms with Crippen molar-refractivity contribution in [2.75, 3.05) is 19.6 Å². The topological polar surface area (TPSA) is 29.3 Å². The van der Waals surface area contributed by atoms with E-state index in [1.807, 2.05) is 0 Å². The highest BCUT2D eigenvalue weighted by atomic mass is 15.1. The fourth-order valence-corrected chi connectivity index (χ4v) is 2.24. The zero-order valence-electron chi connectivity index (χ0n) is 9.84. The Morgan fingerprint density at radius 3 is 2.86 bits per heavy atom. The lowest BCUT2D eigenvalue weighted by Gasteiger charge is -2.32. The number of rotatable bonds is 5. The van der Waals surface area contributed by atoms with Crippen LogP contribution in [0.1, 0.15) is 46.0 Å². The first kappa shape index (κ1) is 12.0. The lowest BCUT2D eigenvalue weighted by Crippen LogP contribution is -2.37. The lowest BCUT2D eigenvalue weighted by atomic mass is 9.95. The molecular weight excluding hydrogens is 172 g/mol. The van der Waals surface area contributed by atoms with Crippen LogP contribution in [0.15, 0.2) is 0 Å². The van der Waals surface area contributed by atoms with Gasteiger partial charge >= 0.3 is 0 Å². The van der Waals surface area contributed by atoms with Crippen LogP contribution in [-0.4, -0.2) is 30.6 Å². The molecule has 2 atom stereocenters. The quantitative estimate of drug-likeness (QED) is 0.734. The molecule has 0 bridgehead atoms. The normalized spacial score (nSPS) is 26.4. The molecule has 1 rings (SSSR count). The van der Waals surface area contributed by atoms with Gasteiger partial charge < -0.3 is 10.6 Å². The Balaban J connectivity index is 2.17. The highest BCUT2D eigenvalue weighted by Crippen LogP contribution is 2.19. The minimum absolute atomic E-state index is 0.414. The smallest absolute Gasteiger partial charge is 0.00483 e. The van der Waals surface area contributed by atoms with Crippen molar-refractivity contribution in [2.24, 2.45) is 11.7 Å². The summed E-state index contributed by atoms with van der Waals surface area (Å²) >= 11 is 0. The van der Waals surface area contributed by atoms with Crippen LogP contribution in [0, 0.1) is 5.92 Å². The molecule has 0 amide bonds. The zero-order valence-corrected chi connectivity index (χ0v) is 9.84. The minimum Gasteiger partial charge on any atom is -0.328 e. The van der Waals surface area contributed by atoms with Crippen molar-refractivity contribution in [1.82, 2.24) is 4.90 Å². The molecular formula is C12H26N2. The second kappa shape index (κ2) is 6.41. The Kier molecular flexibility index (Phi) is 5.49. The van der Waals surface area contributed by atoms with E-state index >= 15 is 0 Å². The summed E-state index contributed by atoms with van der Waals surface area (Å²) in [6.07, 6.45) is 6.46. The van der Waals surface area contributed by atoms with Crippen molar-refractivity contribution in [3.8, 4) is 0 Å². The largest absolute Gasteiger partial charge is 0.328 e. The average molecular weight is 198 g/mol. The lowest BCUT2D eigenvalue weighted by molar-refractivity contribution is 0.166. The number of hydrogen-bond acceptors (Lipinski definition) is 2. The molecule has 0 saturated carbocycles. The second-order valence-electron chi connectivity index (χ2n) is 4.67. The molecule has 1 aliphatic rings. The summed E-state index contributed by atoms with van der Waals surface area (Å²) in [6, 6.07) is 0.414. The van der Waals surface area contributed by atoms with E-state index in [1.165, 1.54) is 45.3 Å². The Labute approximate surface area is 88.8 Å². The van der Waals surface area contributed by atoms with Crippen molar-refractivity contribution < 1.29 is 0 Å². The first-order valence-corrected chi connectivity index (χ1v) is 6.24. The molecule has 1 heterocycles. The molecule has 0 radical (unpaired) electrons. The monoisotopic (exact) mass is 198 g/mol. The molecule has 0 aliphatic carbocycles. The number of piperidine rings is 1. The summed E-state index contributed by atoms with van der Waals surface area (Å²) < 4.78 is 0. The van der Waals surface area contributed by atoms with E-state index in [-0.39, 0.29) is 0 Å². The molecule has 2 N–H and O–H groups in total. The maximum absolute atomic E-state index is 5.93. The molecule has 2 unspecified atom stereocenters. The van der Waals surface area contributed by atoms with Crippen LogP contribution in [0.2, 0.25) is 0 Å². The van der Waals surface area contributed by atoms with Gasteiger partial charge in [0.1, 0.15) is 0 Å². The maximum Gasteiger partial charge on any atom is 0.00483 e. The summed E-state index contributed by atoms with van der Waals surface area (Å²) in [5.41, 5.74) is 5.93. The molecule has 1 aliphatic heterocycles. The Bertz CT molecular complexity index is 147. The summed E-state index contributed by atoms with van der Waals surface area (Å²) in [7, 11) is 0. The Hall–Kier alpha value is -0.0800. The Morgan fingerprint density at radius 2 is 2.21 bits per heavy atom. The van der Waals surface area contributed by atoms with Gasteiger partial charge in [0.2, 0.25) is 0 Å². The van der Waals surface area contributed by atoms with Gasteiger partial charge in [-0.1, -0.05) is 20.3 Å². The van der Waals surface area contributed by atoms with Crippen LogP contribution in [0.4, 0.5) is 0 Å². The van der Waals surface area contributed by atoms with Gasteiger partial charge in [-0.25, -0.2) is 0 Å². The zero-order chi connectivity index (χ0) is 10.4. The van der Waals surface area contributed by atoms with Crippen molar-refractivity contribution in [3.63, 3.8) is 0 Å². The molecule has 0 spiro atoms. The molecule has 0 aromatic heterocycles. The van der Waals surface area contributed by atoms with Gasteiger partial charge in [0, 0.05) is 12.6 Å². The molecule has 1 saturated heterocycles. The van der Waals surface area contributed by atoms with Gasteiger partial charge in [0.25, 0.3) is 0 Å². The molecule has 2 heteroatoms. The van der Waals surface area contributed by atoms with Gasteiger partial charge in [0.15, 0.2) is 0 Å². The van der Waals surface area contributed by atoms with E-state index < -0.39 is 0 Å². The molecule has 2 nitrogen and oxygen atoms in total. The molecule has 0 aromatic carbocycles. The molecule has 1 fully saturated rings. The third kappa shape index (κ3) is 3.97. The summed E-state index contributed by atoms with van der Waals surface area (Å²) in [6.45, 7) is 8.31. The van der Waals surface area contributed by atoms with Crippen LogP contribution in [0.3, 0.4) is 0 Å². The second-order valence-corrected chi connectivity index (χ2v) is 4.67. The fraction of sp³-hybridized carbons (Fsp3) is 1.00. The van der Waals surface area contributed by atoms with Gasteiger partial charge in [-0.2, -0.15) is 0 Å². The fourth-order valence-electron chi connectivity index (χ4n) is 2.24. The number of hydrogen-bond donors (Lipinski definition) is 1. The van der Waals surface area contributed by atoms with Crippen LogP contribution in [0.25, 0.3) is 0 Å². The summed E-state index contributed by atoms with van der Waals surface area (Å²) in [5, 5.41) is 0. The average Bonchev–Trinajstić information content (AvgIpc) is 2.26. The standard InChI is InChI=1S/C12H26N2/c1-3-11-6-5-8-14(10-11)9-7-12(13)4-2/h11-12H,3-10,13H2,1-2H3. The number of nitrogens with two attached hydrogens (primary N) is 1. The maximum atomic E-state index is 5.93. The van der Waals surface area contributed by atoms with E-state index in [9.17, 15) is 0 Å². The highest BCUT2D eigenvalue weighted by Gasteiger charge is 2.18. The van der Waals surface area contributed by atoms with Crippen molar-refractivity contribution in [1.29, 1.82) is 0 Å². The van der Waals surface area contributed by atoms with E-state index in [1.54, 1.807) is 0 Å². The van der Waals surface area contributed by atoms with E-state index in [2.05, 4.69) is 18.7 Å². The molecule has 14 heavy (non-hydrogen) atoms. The Morgan fingerprint density at radius 1 is 1.43 bits per heavy atom. The molecule has 84 valence electrons. The van der Waals surface area contributed by atoms with Crippen molar-refractivity contribution in [2.45, 2.75) is 52.0 Å². The summed E-state index contributed by atoms with van der Waals surface area (Å²) in [4.78, 5) is 2.60. The SMILES string of the molecule is CCC(N)CCN1CCCC(CC)C1. The summed E-state index contributed by atoms with van der Waals surface area (Å²) in [5.74, 6) is 0.946. The minimum atomic E-state index is 0.414. The van der Waals surface area contributed by atoms with Crippen molar-refractivity contribution >= 4 is 0 Å². The highest BCUT2D eigenvalue weighted by molar-refractivity contribution is 4.73. The first-order valence-electron chi connectivity index (χ1n) is 6.24. The predicted octanol–water partition coefficient (Wildman–Crippen LogP) is 2.24. The van der Waals surface area contributed by atoms with Gasteiger partial charge in [-0.15, -0.1) is 0 Å². The number of nitrogens with zero attached hydrogens (tertiary/aromatic N) is 1. The van der Waals surface area contributed by atoms with Crippen LogP contribution >= 0.6 is 0 Å². The van der Waals surface area contributed by atoms with Gasteiger partial charge in [0.05, 0.1) is 0 Å². The van der Waals surface area contributed by atoms with Crippen LogP contribution < -0.4 is 5.73 Å².